The van der Waals surface area contributed by atoms with E-state index in [1.54, 1.807) is 0 Å². The van der Waals surface area contributed by atoms with E-state index < -0.39 is 5.60 Å². The van der Waals surface area contributed by atoms with E-state index in [4.69, 9.17) is 14.7 Å². The van der Waals surface area contributed by atoms with Gasteiger partial charge in [0.2, 0.25) is 0 Å². The average Bonchev–Trinajstić information content (AvgIpc) is 2.88. The van der Waals surface area contributed by atoms with Gasteiger partial charge >= 0.3 is 5.97 Å². The number of fused-ring (bicyclic) bond motifs is 1. The van der Waals surface area contributed by atoms with Crippen LogP contribution in [-0.4, -0.2) is 48.7 Å². The van der Waals surface area contributed by atoms with Gasteiger partial charge in [-0.25, -0.2) is 0 Å². The first-order valence-corrected chi connectivity index (χ1v) is 7.51. The van der Waals surface area contributed by atoms with Gasteiger partial charge in [0.05, 0.1) is 38.1 Å². The smallest absolute Gasteiger partial charge is 0.305 e. The van der Waals surface area contributed by atoms with E-state index in [0.29, 0.717) is 32.1 Å². The number of rotatable bonds is 6. The molecule has 0 bridgehead atoms. The molecule has 0 spiro atoms. The lowest BCUT2D eigenvalue weighted by Crippen LogP contribution is -2.51. The minimum atomic E-state index is -0.668. The number of carbonyl (C=O) groups excluding carboxylic acids is 1. The predicted octanol–water partition coefficient (Wildman–Crippen LogP) is 1.31. The summed E-state index contributed by atoms with van der Waals surface area (Å²) in [5.74, 6) is -0.251. The zero-order valence-corrected chi connectivity index (χ0v) is 12.4. The van der Waals surface area contributed by atoms with Crippen molar-refractivity contribution in [3.63, 3.8) is 0 Å². The van der Waals surface area contributed by atoms with Crippen molar-refractivity contribution in [3.8, 4) is 6.07 Å². The molecule has 4 atom stereocenters. The third-order valence-corrected chi connectivity index (χ3v) is 4.41. The molecule has 2 heterocycles. The molecule has 0 saturated carbocycles. The summed E-state index contributed by atoms with van der Waals surface area (Å²) in [5.41, 5.74) is -0.668. The Hall–Kier alpha value is -1.16. The normalized spacial score (nSPS) is 35.0. The van der Waals surface area contributed by atoms with Crippen LogP contribution in [0.1, 0.15) is 44.9 Å². The maximum Gasteiger partial charge on any atom is 0.305 e. The average molecular weight is 297 g/mol. The molecule has 1 N–H and O–H groups in total. The van der Waals surface area contributed by atoms with Gasteiger partial charge in [-0.2, -0.15) is 5.26 Å². The molecule has 6 nitrogen and oxygen atoms in total. The van der Waals surface area contributed by atoms with Crippen molar-refractivity contribution >= 4 is 5.97 Å². The first kappa shape index (κ1) is 16.2. The first-order valence-electron chi connectivity index (χ1n) is 7.51. The summed E-state index contributed by atoms with van der Waals surface area (Å²) in [4.78, 5) is 11.2. The van der Waals surface area contributed by atoms with E-state index in [9.17, 15) is 9.90 Å². The van der Waals surface area contributed by atoms with Crippen molar-refractivity contribution in [2.24, 2.45) is 0 Å². The van der Waals surface area contributed by atoms with E-state index in [0.717, 1.165) is 12.8 Å². The molecule has 2 aliphatic heterocycles. The molecule has 6 heteroatoms. The Morgan fingerprint density at radius 1 is 1.43 bits per heavy atom. The quantitative estimate of drug-likeness (QED) is 0.744. The second kappa shape index (κ2) is 7.21. The Kier molecular flexibility index (Phi) is 5.57. The van der Waals surface area contributed by atoms with E-state index in [2.05, 4.69) is 10.8 Å². The van der Waals surface area contributed by atoms with Crippen LogP contribution in [0.5, 0.6) is 0 Å². The fraction of sp³-hybridized carbons (Fsp3) is 0.867. The summed E-state index contributed by atoms with van der Waals surface area (Å²) in [6.07, 6.45) is 4.11. The van der Waals surface area contributed by atoms with Crippen LogP contribution in [0.3, 0.4) is 0 Å². The second-order valence-electron chi connectivity index (χ2n) is 5.80. The number of aliphatic hydroxyl groups is 1. The number of nitrogens with zero attached hydrogens (tertiary/aromatic N) is 1. The van der Waals surface area contributed by atoms with Crippen molar-refractivity contribution in [1.82, 2.24) is 0 Å². The number of aliphatic hydroxyl groups excluding tert-OH is 1. The van der Waals surface area contributed by atoms with Crippen molar-refractivity contribution in [3.05, 3.63) is 0 Å². The van der Waals surface area contributed by atoms with Gasteiger partial charge in [-0.1, -0.05) is 0 Å². The maximum atomic E-state index is 11.2. The lowest BCUT2D eigenvalue weighted by molar-refractivity contribution is -0.183. The monoisotopic (exact) mass is 297 g/mol. The highest BCUT2D eigenvalue weighted by atomic mass is 16.6. The summed E-state index contributed by atoms with van der Waals surface area (Å²) in [5, 5.41) is 18.4. The predicted molar refractivity (Wildman–Crippen MR) is 73.3 cm³/mol. The summed E-state index contributed by atoms with van der Waals surface area (Å²) in [6.45, 7) is -0.0879. The molecular weight excluding hydrogens is 274 g/mol. The highest BCUT2D eigenvalue weighted by molar-refractivity contribution is 5.69. The SMILES string of the molecule is COC(=O)CCC1CC2(CO)OC(CCC#N)CCC2O1. The zero-order chi connectivity index (χ0) is 15.3. The molecule has 118 valence electrons. The van der Waals surface area contributed by atoms with Crippen LogP contribution in [-0.2, 0) is 19.0 Å². The fourth-order valence-electron chi connectivity index (χ4n) is 3.29. The Balaban J connectivity index is 1.92. The molecule has 0 aliphatic carbocycles. The topological polar surface area (TPSA) is 88.8 Å². The molecule has 2 rings (SSSR count). The minimum absolute atomic E-state index is 0.0102. The number of esters is 1. The van der Waals surface area contributed by atoms with Gasteiger partial charge in [0.25, 0.3) is 0 Å². The molecule has 4 unspecified atom stereocenters. The Morgan fingerprint density at radius 2 is 2.24 bits per heavy atom. The standard InChI is InChI=1S/C15H23NO5/c1-19-14(18)7-5-12-9-15(10-17)13(20-12)6-4-11(21-15)3-2-8-16/h11-13,17H,2-7,9-10H2,1H3. The summed E-state index contributed by atoms with van der Waals surface area (Å²) >= 11 is 0. The van der Waals surface area contributed by atoms with E-state index in [-0.39, 0.29) is 30.9 Å². The van der Waals surface area contributed by atoms with Crippen LogP contribution in [0, 0.1) is 11.3 Å². The minimum Gasteiger partial charge on any atom is -0.469 e. The van der Waals surface area contributed by atoms with Gasteiger partial charge in [-0.05, 0) is 25.7 Å². The first-order chi connectivity index (χ1) is 10.1. The van der Waals surface area contributed by atoms with Gasteiger partial charge in [0.15, 0.2) is 0 Å². The summed E-state index contributed by atoms with van der Waals surface area (Å²) in [7, 11) is 1.37. The Bertz CT molecular complexity index is 407. The molecule has 0 aromatic heterocycles. The third-order valence-electron chi connectivity index (χ3n) is 4.41. The molecule has 21 heavy (non-hydrogen) atoms. The van der Waals surface area contributed by atoms with Crippen LogP contribution < -0.4 is 0 Å². The van der Waals surface area contributed by atoms with Crippen LogP contribution >= 0.6 is 0 Å². The molecule has 0 amide bonds. The fourth-order valence-corrected chi connectivity index (χ4v) is 3.29. The van der Waals surface area contributed by atoms with Crippen LogP contribution in [0.25, 0.3) is 0 Å². The number of ether oxygens (including phenoxy) is 3. The molecule has 2 fully saturated rings. The number of hydrogen-bond acceptors (Lipinski definition) is 6. The van der Waals surface area contributed by atoms with Gasteiger partial charge in [0, 0.05) is 19.3 Å². The van der Waals surface area contributed by atoms with E-state index >= 15 is 0 Å². The van der Waals surface area contributed by atoms with Crippen LogP contribution in [0.4, 0.5) is 0 Å². The van der Waals surface area contributed by atoms with Crippen molar-refractivity contribution in [1.29, 1.82) is 5.26 Å². The van der Waals surface area contributed by atoms with Crippen molar-refractivity contribution in [2.75, 3.05) is 13.7 Å². The lowest BCUT2D eigenvalue weighted by Gasteiger charge is -2.40. The number of hydrogen-bond donors (Lipinski definition) is 1. The highest BCUT2D eigenvalue weighted by Crippen LogP contribution is 2.43. The van der Waals surface area contributed by atoms with Crippen LogP contribution in [0.2, 0.25) is 0 Å². The molecular formula is C15H23NO5. The van der Waals surface area contributed by atoms with Crippen LogP contribution in [0.15, 0.2) is 0 Å². The Labute approximate surface area is 125 Å². The molecule has 0 aromatic carbocycles. The van der Waals surface area contributed by atoms with Gasteiger partial charge in [-0.3, -0.25) is 4.79 Å². The summed E-state index contributed by atoms with van der Waals surface area (Å²) < 4.78 is 16.7. The van der Waals surface area contributed by atoms with E-state index in [1.165, 1.54) is 7.11 Å². The maximum absolute atomic E-state index is 11.2. The second-order valence-corrected chi connectivity index (χ2v) is 5.80. The molecule has 0 radical (unpaired) electrons. The highest BCUT2D eigenvalue weighted by Gasteiger charge is 2.52. The third kappa shape index (κ3) is 3.73. The van der Waals surface area contributed by atoms with E-state index in [1.807, 2.05) is 0 Å². The number of methoxy groups -OCH3 is 1. The molecule has 2 aliphatic rings. The van der Waals surface area contributed by atoms with Gasteiger partial charge < -0.3 is 19.3 Å². The number of nitriles is 1. The number of carbonyl (C=O) groups is 1. The van der Waals surface area contributed by atoms with Gasteiger partial charge in [0.1, 0.15) is 5.60 Å². The zero-order valence-electron chi connectivity index (χ0n) is 12.4. The summed E-state index contributed by atoms with van der Waals surface area (Å²) in [6, 6.07) is 2.13. The van der Waals surface area contributed by atoms with Crippen molar-refractivity contribution < 1.29 is 24.1 Å². The lowest BCUT2D eigenvalue weighted by atomic mass is 9.86. The van der Waals surface area contributed by atoms with Gasteiger partial charge in [-0.15, -0.1) is 0 Å². The molecule has 2 saturated heterocycles. The Morgan fingerprint density at radius 3 is 2.90 bits per heavy atom. The molecule has 0 aromatic rings. The van der Waals surface area contributed by atoms with Crippen molar-refractivity contribution in [2.45, 2.75) is 68.9 Å². The largest absolute Gasteiger partial charge is 0.469 e.